The van der Waals surface area contributed by atoms with Crippen molar-refractivity contribution in [2.45, 2.75) is 19.1 Å². The maximum atomic E-state index is 13.1. The number of ether oxygens (including phenoxy) is 1. The van der Waals surface area contributed by atoms with Gasteiger partial charge in [-0.2, -0.15) is 0 Å². The lowest BCUT2D eigenvalue weighted by Gasteiger charge is -2.38. The molecule has 142 valence electrons. The highest BCUT2D eigenvalue weighted by Crippen LogP contribution is 2.25. The molecule has 2 rings (SSSR count). The van der Waals surface area contributed by atoms with E-state index < -0.39 is 9.84 Å². The van der Waals surface area contributed by atoms with Crippen LogP contribution in [0, 0.1) is 5.82 Å². The molecule has 0 bridgehead atoms. The molecular formula is C16H25FIN3O3S. The lowest BCUT2D eigenvalue weighted by Crippen LogP contribution is -2.51. The standard InChI is InChI=1S/C16H24FN3O3S.HI/c1-12-10-20(16(18-2)19-8-9-24(3,21)22)11-15(23-12)13-4-6-14(17)7-5-13;/h4-7,12,15H,8-11H2,1-3H3,(H,18,19);1H. The number of guanidine groups is 1. The van der Waals surface area contributed by atoms with Crippen LogP contribution in [0.25, 0.3) is 0 Å². The highest BCUT2D eigenvalue weighted by molar-refractivity contribution is 14.0. The van der Waals surface area contributed by atoms with E-state index in [2.05, 4.69) is 10.3 Å². The van der Waals surface area contributed by atoms with Crippen molar-refractivity contribution in [1.82, 2.24) is 10.2 Å². The number of aliphatic imine (C=N–C) groups is 1. The van der Waals surface area contributed by atoms with Gasteiger partial charge in [-0.1, -0.05) is 12.1 Å². The molecule has 2 unspecified atom stereocenters. The summed E-state index contributed by atoms with van der Waals surface area (Å²) in [7, 11) is -1.36. The number of nitrogens with one attached hydrogen (secondary N) is 1. The molecule has 1 heterocycles. The van der Waals surface area contributed by atoms with Gasteiger partial charge in [0.25, 0.3) is 0 Å². The molecule has 0 saturated carbocycles. The van der Waals surface area contributed by atoms with Crippen LogP contribution in [-0.2, 0) is 14.6 Å². The number of rotatable bonds is 4. The summed E-state index contributed by atoms with van der Waals surface area (Å²) in [5, 5.41) is 3.08. The van der Waals surface area contributed by atoms with Gasteiger partial charge in [0, 0.05) is 26.4 Å². The molecule has 0 radical (unpaired) electrons. The first kappa shape index (κ1) is 22.1. The van der Waals surface area contributed by atoms with Gasteiger partial charge in [-0.05, 0) is 24.6 Å². The Balaban J connectivity index is 0.00000312. The first-order valence-electron chi connectivity index (χ1n) is 7.82. The van der Waals surface area contributed by atoms with Gasteiger partial charge in [-0.3, -0.25) is 4.99 Å². The molecule has 1 saturated heterocycles. The third-order valence-corrected chi connectivity index (χ3v) is 4.72. The number of hydrogen-bond donors (Lipinski definition) is 1. The van der Waals surface area contributed by atoms with Gasteiger partial charge in [0.05, 0.1) is 18.4 Å². The van der Waals surface area contributed by atoms with Crippen LogP contribution in [0.3, 0.4) is 0 Å². The molecular weight excluding hydrogens is 460 g/mol. The number of nitrogens with zero attached hydrogens (tertiary/aromatic N) is 2. The first-order valence-corrected chi connectivity index (χ1v) is 9.89. The lowest BCUT2D eigenvalue weighted by molar-refractivity contribution is -0.0604. The minimum atomic E-state index is -3.02. The van der Waals surface area contributed by atoms with Crippen LogP contribution in [-0.4, -0.2) is 64.1 Å². The Bertz CT molecular complexity index is 682. The normalized spacial score (nSPS) is 21.6. The Morgan fingerprint density at radius 2 is 2.00 bits per heavy atom. The van der Waals surface area contributed by atoms with Crippen molar-refractivity contribution < 1.29 is 17.5 Å². The van der Waals surface area contributed by atoms with Crippen LogP contribution >= 0.6 is 24.0 Å². The molecule has 1 aliphatic rings. The zero-order valence-electron chi connectivity index (χ0n) is 14.6. The Kier molecular flexibility index (Phi) is 8.55. The second-order valence-corrected chi connectivity index (χ2v) is 8.26. The van der Waals surface area contributed by atoms with Crippen molar-refractivity contribution in [2.24, 2.45) is 4.99 Å². The monoisotopic (exact) mass is 485 g/mol. The van der Waals surface area contributed by atoms with E-state index in [0.29, 0.717) is 25.6 Å². The predicted molar refractivity (Wildman–Crippen MR) is 108 cm³/mol. The number of morpholine rings is 1. The Hall–Kier alpha value is -0.940. The first-order chi connectivity index (χ1) is 11.3. The summed E-state index contributed by atoms with van der Waals surface area (Å²) in [6.45, 7) is 3.48. The molecule has 9 heteroatoms. The van der Waals surface area contributed by atoms with Crippen LogP contribution in [0.5, 0.6) is 0 Å². The quantitative estimate of drug-likeness (QED) is 0.401. The Morgan fingerprint density at radius 1 is 1.36 bits per heavy atom. The van der Waals surface area contributed by atoms with Gasteiger partial charge in [-0.25, -0.2) is 12.8 Å². The van der Waals surface area contributed by atoms with Crippen molar-refractivity contribution in [1.29, 1.82) is 0 Å². The second-order valence-electron chi connectivity index (χ2n) is 6.00. The van der Waals surface area contributed by atoms with E-state index in [1.807, 2.05) is 11.8 Å². The average molecular weight is 485 g/mol. The predicted octanol–water partition coefficient (Wildman–Crippen LogP) is 1.83. The molecule has 6 nitrogen and oxygen atoms in total. The molecule has 25 heavy (non-hydrogen) atoms. The van der Waals surface area contributed by atoms with Gasteiger partial charge in [0.15, 0.2) is 5.96 Å². The molecule has 0 aromatic heterocycles. The molecule has 2 atom stereocenters. The summed E-state index contributed by atoms with van der Waals surface area (Å²) in [5.74, 6) is 0.409. The second kappa shape index (κ2) is 9.67. The van der Waals surface area contributed by atoms with Crippen molar-refractivity contribution in [3.8, 4) is 0 Å². The van der Waals surface area contributed by atoms with Crippen LogP contribution in [0.2, 0.25) is 0 Å². The third kappa shape index (κ3) is 7.06. The lowest BCUT2D eigenvalue weighted by atomic mass is 10.1. The fourth-order valence-electron chi connectivity index (χ4n) is 2.67. The van der Waals surface area contributed by atoms with E-state index in [1.54, 1.807) is 19.2 Å². The van der Waals surface area contributed by atoms with E-state index in [9.17, 15) is 12.8 Å². The Morgan fingerprint density at radius 3 is 2.56 bits per heavy atom. The van der Waals surface area contributed by atoms with Crippen LogP contribution in [0.4, 0.5) is 4.39 Å². The molecule has 1 fully saturated rings. The topological polar surface area (TPSA) is 71.0 Å². The molecule has 0 amide bonds. The zero-order chi connectivity index (χ0) is 17.7. The summed E-state index contributed by atoms with van der Waals surface area (Å²) in [5.41, 5.74) is 0.902. The van der Waals surface area contributed by atoms with E-state index >= 15 is 0 Å². The molecule has 0 spiro atoms. The van der Waals surface area contributed by atoms with E-state index in [1.165, 1.54) is 18.4 Å². The average Bonchev–Trinajstić information content (AvgIpc) is 2.50. The van der Waals surface area contributed by atoms with Crippen molar-refractivity contribution >= 4 is 39.8 Å². The van der Waals surface area contributed by atoms with Crippen LogP contribution < -0.4 is 5.32 Å². The van der Waals surface area contributed by atoms with Gasteiger partial charge < -0.3 is 15.0 Å². The Labute approximate surface area is 165 Å². The molecule has 1 aromatic rings. The van der Waals surface area contributed by atoms with Crippen molar-refractivity contribution in [3.05, 3.63) is 35.6 Å². The number of halogens is 2. The van der Waals surface area contributed by atoms with Gasteiger partial charge in [-0.15, -0.1) is 24.0 Å². The van der Waals surface area contributed by atoms with Crippen LogP contribution in [0.1, 0.15) is 18.6 Å². The SMILES string of the molecule is CN=C(NCCS(C)(=O)=O)N1CC(C)OC(c2ccc(F)cc2)C1.I. The summed E-state index contributed by atoms with van der Waals surface area (Å²) in [4.78, 5) is 6.26. The molecule has 0 aliphatic carbocycles. The maximum Gasteiger partial charge on any atom is 0.193 e. The van der Waals surface area contributed by atoms with E-state index in [-0.39, 0.29) is 47.8 Å². The van der Waals surface area contributed by atoms with Gasteiger partial charge in [0.2, 0.25) is 0 Å². The van der Waals surface area contributed by atoms with E-state index in [0.717, 1.165) is 5.56 Å². The van der Waals surface area contributed by atoms with Crippen molar-refractivity contribution in [2.75, 3.05) is 38.7 Å². The highest BCUT2D eigenvalue weighted by atomic mass is 127. The fraction of sp³-hybridized carbons (Fsp3) is 0.562. The summed E-state index contributed by atoms with van der Waals surface area (Å²) < 4.78 is 41.5. The number of sulfone groups is 1. The van der Waals surface area contributed by atoms with Gasteiger partial charge in [0.1, 0.15) is 21.8 Å². The van der Waals surface area contributed by atoms with Crippen LogP contribution in [0.15, 0.2) is 29.3 Å². The van der Waals surface area contributed by atoms with Crippen molar-refractivity contribution in [3.63, 3.8) is 0 Å². The minimum absolute atomic E-state index is 0. The van der Waals surface area contributed by atoms with E-state index in [4.69, 9.17) is 4.74 Å². The summed E-state index contributed by atoms with van der Waals surface area (Å²) in [6.07, 6.45) is 0.990. The molecule has 1 aliphatic heterocycles. The third-order valence-electron chi connectivity index (χ3n) is 3.77. The minimum Gasteiger partial charge on any atom is -0.367 e. The zero-order valence-corrected chi connectivity index (χ0v) is 17.8. The summed E-state index contributed by atoms with van der Waals surface area (Å²) >= 11 is 0. The number of benzene rings is 1. The highest BCUT2D eigenvalue weighted by Gasteiger charge is 2.28. The molecule has 1 N–H and O–H groups in total. The smallest absolute Gasteiger partial charge is 0.193 e. The van der Waals surface area contributed by atoms with Gasteiger partial charge >= 0.3 is 0 Å². The largest absolute Gasteiger partial charge is 0.367 e. The summed E-state index contributed by atoms with van der Waals surface area (Å²) in [6, 6.07) is 6.27. The maximum absolute atomic E-state index is 13.1. The molecule has 1 aromatic carbocycles. The fourth-order valence-corrected chi connectivity index (χ4v) is 3.14. The number of hydrogen-bond acceptors (Lipinski definition) is 4.